The normalized spacial score (nSPS) is 11.6. The first-order valence-corrected chi connectivity index (χ1v) is 11.5. The molecule has 0 heterocycles. The molecule has 4 aromatic carbocycles. The number of carbonyl (C=O) groups is 1. The van der Waals surface area contributed by atoms with Crippen LogP contribution in [0.25, 0.3) is 0 Å². The Morgan fingerprint density at radius 3 is 1.82 bits per heavy atom. The fourth-order valence-corrected chi connectivity index (χ4v) is 3.74. The predicted molar refractivity (Wildman–Crippen MR) is 137 cm³/mol. The number of hydrazone groups is 1. The lowest BCUT2D eigenvalue weighted by molar-refractivity contribution is -0.136. The molecule has 34 heavy (non-hydrogen) atoms. The quantitative estimate of drug-likeness (QED) is 0.248. The van der Waals surface area contributed by atoms with Crippen molar-refractivity contribution in [2.24, 2.45) is 5.10 Å². The molecule has 0 unspecified atom stereocenters. The number of benzene rings is 4. The third-order valence-corrected chi connectivity index (χ3v) is 5.83. The highest BCUT2D eigenvalue weighted by atomic mass is 79.9. The molecule has 170 valence electrons. The van der Waals surface area contributed by atoms with Gasteiger partial charge in [-0.3, -0.25) is 4.79 Å². The van der Waals surface area contributed by atoms with Gasteiger partial charge in [-0.05, 0) is 35.4 Å². The number of carbonyl (C=O) groups excluding carboxylic acids is 1. The molecule has 0 spiro atoms. The Hall–Kier alpha value is -3.74. The summed E-state index contributed by atoms with van der Waals surface area (Å²) in [7, 11) is 0. The van der Waals surface area contributed by atoms with Crippen molar-refractivity contribution in [3.8, 4) is 5.75 Å². The summed E-state index contributed by atoms with van der Waals surface area (Å²) >= 11 is 3.44. The van der Waals surface area contributed by atoms with Crippen LogP contribution in [0.1, 0.15) is 16.7 Å². The number of nitrogens with one attached hydrogen (secondary N) is 1. The van der Waals surface area contributed by atoms with Crippen molar-refractivity contribution in [3.63, 3.8) is 0 Å². The van der Waals surface area contributed by atoms with Crippen molar-refractivity contribution < 1.29 is 14.6 Å². The molecule has 4 rings (SSSR count). The summed E-state index contributed by atoms with van der Waals surface area (Å²) in [6, 6.07) is 34.5. The number of para-hydroxylation sites is 1. The first-order chi connectivity index (χ1) is 16.6. The fourth-order valence-electron chi connectivity index (χ4n) is 3.48. The average molecular weight is 515 g/mol. The molecule has 0 bridgehead atoms. The topological polar surface area (TPSA) is 70.9 Å². The van der Waals surface area contributed by atoms with Crippen molar-refractivity contribution in [2.45, 2.75) is 5.60 Å². The van der Waals surface area contributed by atoms with E-state index in [9.17, 15) is 9.90 Å². The van der Waals surface area contributed by atoms with Gasteiger partial charge in [0.05, 0.1) is 0 Å². The molecular weight excluding hydrogens is 492 g/mol. The molecule has 6 heteroatoms. The zero-order valence-corrected chi connectivity index (χ0v) is 19.9. The van der Waals surface area contributed by atoms with E-state index in [0.717, 1.165) is 10.0 Å². The Balaban J connectivity index is 1.65. The molecule has 0 aromatic heterocycles. The molecule has 2 N–H and O–H groups in total. The van der Waals surface area contributed by atoms with Crippen LogP contribution in [0, 0.1) is 0 Å². The van der Waals surface area contributed by atoms with Crippen molar-refractivity contribution in [2.75, 3.05) is 6.61 Å². The van der Waals surface area contributed by atoms with Gasteiger partial charge in [-0.1, -0.05) is 107 Å². The summed E-state index contributed by atoms with van der Waals surface area (Å²) in [4.78, 5) is 13.4. The van der Waals surface area contributed by atoms with Crippen molar-refractivity contribution in [1.82, 2.24) is 5.43 Å². The molecule has 4 aromatic rings. The summed E-state index contributed by atoms with van der Waals surface area (Å²) in [5.74, 6) is 0.0166. The molecule has 0 aliphatic heterocycles. The van der Waals surface area contributed by atoms with Gasteiger partial charge in [0, 0.05) is 10.0 Å². The lowest BCUT2D eigenvalue weighted by Gasteiger charge is -2.27. The summed E-state index contributed by atoms with van der Waals surface area (Å²) in [6.45, 7) is 0.126. The van der Waals surface area contributed by atoms with E-state index in [4.69, 9.17) is 4.74 Å². The van der Waals surface area contributed by atoms with E-state index >= 15 is 0 Å². The average Bonchev–Trinajstić information content (AvgIpc) is 2.90. The molecule has 0 saturated heterocycles. The molecule has 0 fully saturated rings. The van der Waals surface area contributed by atoms with Crippen LogP contribution in [0.3, 0.4) is 0 Å². The minimum Gasteiger partial charge on any atom is -0.487 e. The van der Waals surface area contributed by atoms with E-state index in [2.05, 4.69) is 26.5 Å². The Morgan fingerprint density at radius 1 is 0.794 bits per heavy atom. The van der Waals surface area contributed by atoms with E-state index in [1.165, 1.54) is 0 Å². The van der Waals surface area contributed by atoms with Gasteiger partial charge in [-0.15, -0.1) is 0 Å². The highest BCUT2D eigenvalue weighted by Crippen LogP contribution is 2.30. The number of nitrogens with zero attached hydrogens (tertiary/aromatic N) is 1. The van der Waals surface area contributed by atoms with E-state index in [0.29, 0.717) is 22.6 Å². The van der Waals surface area contributed by atoms with Crippen LogP contribution in [-0.2, 0) is 10.4 Å². The third-order valence-electron chi connectivity index (χ3n) is 5.30. The van der Waals surface area contributed by atoms with Gasteiger partial charge in [0.25, 0.3) is 5.91 Å². The summed E-state index contributed by atoms with van der Waals surface area (Å²) in [5, 5.41) is 16.0. The molecule has 0 radical (unpaired) electrons. The van der Waals surface area contributed by atoms with Crippen LogP contribution in [0.2, 0.25) is 0 Å². The Kier molecular flexibility index (Phi) is 7.52. The number of hydrogen-bond acceptors (Lipinski definition) is 4. The summed E-state index contributed by atoms with van der Waals surface area (Å²) < 4.78 is 6.81. The molecule has 0 aliphatic rings. The number of aliphatic hydroxyl groups is 1. The highest BCUT2D eigenvalue weighted by Gasteiger charge is 2.40. The SMILES string of the molecule is O=C(N/N=C(/COc1ccccc1)c1ccc(Br)cc1)C(O)(c1ccccc1)c1ccccc1. The number of rotatable bonds is 8. The summed E-state index contributed by atoms with van der Waals surface area (Å²) in [5.41, 5.74) is 2.83. The first-order valence-electron chi connectivity index (χ1n) is 10.7. The van der Waals surface area contributed by atoms with E-state index in [-0.39, 0.29) is 6.61 Å². The van der Waals surface area contributed by atoms with Crippen molar-refractivity contribution in [3.05, 3.63) is 136 Å². The second-order valence-electron chi connectivity index (χ2n) is 7.55. The lowest BCUT2D eigenvalue weighted by Crippen LogP contribution is -2.44. The minimum atomic E-state index is -1.92. The van der Waals surface area contributed by atoms with Crippen molar-refractivity contribution in [1.29, 1.82) is 0 Å². The molecular formula is C28H23BrN2O3. The Labute approximate surface area is 206 Å². The zero-order valence-electron chi connectivity index (χ0n) is 18.3. The number of amides is 1. The zero-order chi connectivity index (χ0) is 23.8. The molecule has 0 atom stereocenters. The number of hydrogen-bond donors (Lipinski definition) is 2. The van der Waals surface area contributed by atoms with Gasteiger partial charge >= 0.3 is 0 Å². The molecule has 0 saturated carbocycles. The van der Waals surface area contributed by atoms with Crippen LogP contribution in [-0.4, -0.2) is 23.3 Å². The summed E-state index contributed by atoms with van der Waals surface area (Å²) in [6.07, 6.45) is 0. The number of ether oxygens (including phenoxy) is 1. The third kappa shape index (κ3) is 5.42. The van der Waals surface area contributed by atoms with Crippen LogP contribution in [0.5, 0.6) is 5.75 Å². The largest absolute Gasteiger partial charge is 0.487 e. The van der Waals surface area contributed by atoms with Gasteiger partial charge in [-0.2, -0.15) is 5.10 Å². The minimum absolute atomic E-state index is 0.126. The predicted octanol–water partition coefficient (Wildman–Crippen LogP) is 5.28. The Morgan fingerprint density at radius 2 is 1.29 bits per heavy atom. The maximum atomic E-state index is 13.4. The van der Waals surface area contributed by atoms with E-state index < -0.39 is 11.5 Å². The molecule has 0 aliphatic carbocycles. The van der Waals surface area contributed by atoms with Crippen LogP contribution < -0.4 is 10.2 Å². The monoisotopic (exact) mass is 514 g/mol. The van der Waals surface area contributed by atoms with Gasteiger partial charge < -0.3 is 9.84 Å². The molecule has 5 nitrogen and oxygen atoms in total. The van der Waals surface area contributed by atoms with Gasteiger partial charge in [0.15, 0.2) is 5.60 Å². The fraction of sp³-hybridized carbons (Fsp3) is 0.0714. The van der Waals surface area contributed by atoms with Crippen LogP contribution >= 0.6 is 15.9 Å². The van der Waals surface area contributed by atoms with Gasteiger partial charge in [0.2, 0.25) is 0 Å². The maximum absolute atomic E-state index is 13.4. The van der Waals surface area contributed by atoms with E-state index in [1.54, 1.807) is 48.5 Å². The first kappa shape index (κ1) is 23.4. The van der Waals surface area contributed by atoms with E-state index in [1.807, 2.05) is 66.7 Å². The second kappa shape index (κ2) is 10.9. The van der Waals surface area contributed by atoms with Gasteiger partial charge in [0.1, 0.15) is 18.1 Å². The highest BCUT2D eigenvalue weighted by molar-refractivity contribution is 9.10. The van der Waals surface area contributed by atoms with Crippen molar-refractivity contribution >= 4 is 27.5 Å². The smallest absolute Gasteiger partial charge is 0.281 e. The maximum Gasteiger partial charge on any atom is 0.281 e. The van der Waals surface area contributed by atoms with Crippen LogP contribution in [0.4, 0.5) is 0 Å². The number of halogens is 1. The standard InChI is InChI=1S/C28H23BrN2O3/c29-24-18-16-21(17-19-24)26(20-34-25-14-8-3-9-15-25)30-31-27(32)28(33,22-10-4-1-5-11-22)23-12-6-2-7-13-23/h1-19,33H,20H2,(H,31,32)/b30-26-. The van der Waals surface area contributed by atoms with Gasteiger partial charge in [-0.25, -0.2) is 5.43 Å². The lowest BCUT2D eigenvalue weighted by atomic mass is 9.85. The molecule has 1 amide bonds. The second-order valence-corrected chi connectivity index (χ2v) is 8.47. The van der Waals surface area contributed by atoms with Crippen LogP contribution in [0.15, 0.2) is 125 Å². The Bertz CT molecular complexity index is 1210.